The average Bonchev–Trinajstić information content (AvgIpc) is 2.49. The number of fused-ring (bicyclic) bond motifs is 1. The van der Waals surface area contributed by atoms with Crippen LogP contribution in [0.1, 0.15) is 17.3 Å². The van der Waals surface area contributed by atoms with Crippen molar-refractivity contribution < 1.29 is 19.4 Å². The summed E-state index contributed by atoms with van der Waals surface area (Å²) in [5.74, 6) is 3.61. The number of benzene rings is 1. The van der Waals surface area contributed by atoms with E-state index in [4.69, 9.17) is 15.7 Å². The molecule has 22 heavy (non-hydrogen) atoms. The van der Waals surface area contributed by atoms with Gasteiger partial charge in [0.1, 0.15) is 12.3 Å². The van der Waals surface area contributed by atoms with Crippen LogP contribution in [0.15, 0.2) is 29.1 Å². The number of carbonyl (C=O) groups is 2. The maximum Gasteiger partial charge on any atom is 0.335 e. The van der Waals surface area contributed by atoms with Crippen LogP contribution in [0, 0.1) is 0 Å². The largest absolute Gasteiger partial charge is 0.492 e. The first kappa shape index (κ1) is 15.5. The van der Waals surface area contributed by atoms with Crippen LogP contribution in [0.5, 0.6) is 5.75 Å². The molecule has 0 spiro atoms. The highest BCUT2D eigenvalue weighted by atomic mass is 16.5. The predicted octanol–water partition coefficient (Wildman–Crippen LogP) is 0.0883. The first-order valence-electron chi connectivity index (χ1n) is 6.51. The van der Waals surface area contributed by atoms with E-state index in [0.717, 1.165) is 0 Å². The summed E-state index contributed by atoms with van der Waals surface area (Å²) in [5.41, 5.74) is 1.92. The van der Waals surface area contributed by atoms with Gasteiger partial charge in [0.25, 0.3) is 11.5 Å². The number of aromatic nitrogens is 1. The number of pyridine rings is 1. The number of aromatic carboxylic acids is 1. The Kier molecular flexibility index (Phi) is 4.42. The van der Waals surface area contributed by atoms with Gasteiger partial charge in [-0.2, -0.15) is 0 Å². The van der Waals surface area contributed by atoms with Crippen molar-refractivity contribution in [2.75, 3.05) is 6.61 Å². The number of carbonyl (C=O) groups excluding carboxylic acids is 1. The molecule has 0 saturated carbocycles. The van der Waals surface area contributed by atoms with E-state index in [1.807, 2.05) is 5.43 Å². The Hall–Kier alpha value is -2.87. The number of hydrogen-bond donors (Lipinski definition) is 3. The molecule has 2 rings (SSSR count). The molecule has 1 aromatic heterocycles. The van der Waals surface area contributed by atoms with Gasteiger partial charge in [0, 0.05) is 11.5 Å². The van der Waals surface area contributed by atoms with Crippen molar-refractivity contribution in [3.8, 4) is 5.75 Å². The van der Waals surface area contributed by atoms with E-state index < -0.39 is 17.4 Å². The Bertz CT molecular complexity index is 797. The van der Waals surface area contributed by atoms with Gasteiger partial charge in [-0.15, -0.1) is 0 Å². The summed E-state index contributed by atoms with van der Waals surface area (Å²) in [4.78, 5) is 34.7. The van der Waals surface area contributed by atoms with Gasteiger partial charge in [-0.05, 0) is 25.1 Å². The maximum atomic E-state index is 12.0. The summed E-state index contributed by atoms with van der Waals surface area (Å²) < 4.78 is 6.62. The van der Waals surface area contributed by atoms with Crippen molar-refractivity contribution in [1.29, 1.82) is 0 Å². The topological polar surface area (TPSA) is 124 Å². The third-order valence-corrected chi connectivity index (χ3v) is 3.06. The minimum atomic E-state index is -1.11. The van der Waals surface area contributed by atoms with Crippen molar-refractivity contribution in [2.24, 2.45) is 5.84 Å². The molecule has 116 valence electrons. The maximum absolute atomic E-state index is 12.0. The summed E-state index contributed by atoms with van der Waals surface area (Å²) in [5, 5.41) is 9.62. The Morgan fingerprint density at radius 3 is 2.68 bits per heavy atom. The van der Waals surface area contributed by atoms with E-state index >= 15 is 0 Å². The van der Waals surface area contributed by atoms with Crippen LogP contribution < -0.4 is 21.6 Å². The highest BCUT2D eigenvalue weighted by molar-refractivity contribution is 5.96. The molecule has 0 saturated heterocycles. The summed E-state index contributed by atoms with van der Waals surface area (Å²) in [6, 6.07) is 5.48. The quantitative estimate of drug-likeness (QED) is 0.408. The van der Waals surface area contributed by atoms with Gasteiger partial charge in [-0.3, -0.25) is 19.6 Å². The number of carboxylic acid groups (broad SMARTS) is 1. The lowest BCUT2D eigenvalue weighted by Gasteiger charge is -2.14. The Balaban J connectivity index is 2.78. The van der Waals surface area contributed by atoms with Crippen LogP contribution in [0.4, 0.5) is 0 Å². The zero-order chi connectivity index (χ0) is 16.3. The van der Waals surface area contributed by atoms with Gasteiger partial charge in [0.2, 0.25) is 0 Å². The van der Waals surface area contributed by atoms with E-state index in [-0.39, 0.29) is 24.5 Å². The number of carboxylic acids is 1. The molecule has 0 aliphatic carbocycles. The van der Waals surface area contributed by atoms with Crippen molar-refractivity contribution in [2.45, 2.75) is 13.5 Å². The van der Waals surface area contributed by atoms with Crippen molar-refractivity contribution in [1.82, 2.24) is 9.99 Å². The highest BCUT2D eigenvalue weighted by Gasteiger charge is 2.15. The molecule has 2 aromatic rings. The van der Waals surface area contributed by atoms with Crippen LogP contribution in [0.2, 0.25) is 0 Å². The van der Waals surface area contributed by atoms with Crippen molar-refractivity contribution in [3.05, 3.63) is 40.2 Å². The smallest absolute Gasteiger partial charge is 0.335 e. The molecule has 0 aliphatic heterocycles. The third kappa shape index (κ3) is 2.91. The van der Waals surface area contributed by atoms with Crippen LogP contribution in [-0.4, -0.2) is 28.2 Å². The van der Waals surface area contributed by atoms with Gasteiger partial charge in [0.05, 0.1) is 17.7 Å². The lowest BCUT2D eigenvalue weighted by molar-refractivity contribution is -0.121. The fourth-order valence-electron chi connectivity index (χ4n) is 2.14. The molecule has 8 nitrogen and oxygen atoms in total. The molecule has 0 atom stereocenters. The number of rotatable bonds is 5. The Morgan fingerprint density at radius 1 is 1.36 bits per heavy atom. The number of hydrazine groups is 1. The summed E-state index contributed by atoms with van der Waals surface area (Å²) in [6.45, 7) is 1.72. The minimum Gasteiger partial charge on any atom is -0.492 e. The SMILES string of the molecule is CCOc1cc(C(=O)O)cc2ccc(=O)n(CC(=O)NN)c12. The van der Waals surface area contributed by atoms with Crippen molar-refractivity contribution in [3.63, 3.8) is 0 Å². The first-order valence-corrected chi connectivity index (χ1v) is 6.51. The van der Waals surface area contributed by atoms with Crippen LogP contribution in [0.3, 0.4) is 0 Å². The molecule has 1 aromatic carbocycles. The van der Waals surface area contributed by atoms with Gasteiger partial charge < -0.3 is 9.84 Å². The van der Waals surface area contributed by atoms with E-state index in [1.165, 1.54) is 28.8 Å². The molecule has 0 aliphatic rings. The average molecular weight is 305 g/mol. The molecule has 1 amide bonds. The lowest BCUT2D eigenvalue weighted by atomic mass is 10.1. The third-order valence-electron chi connectivity index (χ3n) is 3.06. The standard InChI is InChI=1S/C14H15N3O5/c1-2-22-10-6-9(14(20)21)5-8-3-4-12(19)17(13(8)10)7-11(18)16-15/h3-6H,2,7,15H2,1H3,(H,16,18)(H,20,21). The first-order chi connectivity index (χ1) is 10.5. The second kappa shape index (κ2) is 6.27. The molecular weight excluding hydrogens is 290 g/mol. The Labute approximate surface area is 125 Å². The summed E-state index contributed by atoms with van der Waals surface area (Å²) in [6.07, 6.45) is 0. The van der Waals surface area contributed by atoms with E-state index in [9.17, 15) is 14.4 Å². The van der Waals surface area contributed by atoms with E-state index in [1.54, 1.807) is 6.92 Å². The second-order valence-corrected chi connectivity index (χ2v) is 4.48. The van der Waals surface area contributed by atoms with Gasteiger partial charge in [-0.25, -0.2) is 10.6 Å². The molecule has 0 fully saturated rings. The van der Waals surface area contributed by atoms with Gasteiger partial charge >= 0.3 is 5.97 Å². The number of nitrogens with two attached hydrogens (primary N) is 1. The number of nitrogens with one attached hydrogen (secondary N) is 1. The zero-order valence-electron chi connectivity index (χ0n) is 11.8. The zero-order valence-corrected chi connectivity index (χ0v) is 11.8. The highest BCUT2D eigenvalue weighted by Crippen LogP contribution is 2.27. The van der Waals surface area contributed by atoms with Crippen LogP contribution in [-0.2, 0) is 11.3 Å². The summed E-state index contributed by atoms with van der Waals surface area (Å²) in [7, 11) is 0. The molecule has 0 radical (unpaired) electrons. The van der Waals surface area contributed by atoms with Crippen LogP contribution >= 0.6 is 0 Å². The fraction of sp³-hybridized carbons (Fsp3) is 0.214. The normalized spacial score (nSPS) is 10.5. The molecular formula is C14H15N3O5. The molecule has 0 bridgehead atoms. The number of nitrogens with zero attached hydrogens (tertiary/aromatic N) is 1. The molecule has 4 N–H and O–H groups in total. The minimum absolute atomic E-state index is 0.0319. The van der Waals surface area contributed by atoms with Crippen molar-refractivity contribution >= 4 is 22.8 Å². The fourth-order valence-corrected chi connectivity index (χ4v) is 2.14. The second-order valence-electron chi connectivity index (χ2n) is 4.48. The van der Waals surface area contributed by atoms with E-state index in [0.29, 0.717) is 10.9 Å². The number of amides is 1. The lowest BCUT2D eigenvalue weighted by Crippen LogP contribution is -2.36. The predicted molar refractivity (Wildman–Crippen MR) is 78.7 cm³/mol. The number of hydrogen-bond acceptors (Lipinski definition) is 5. The molecule has 8 heteroatoms. The summed E-state index contributed by atoms with van der Waals surface area (Å²) >= 11 is 0. The monoisotopic (exact) mass is 305 g/mol. The Morgan fingerprint density at radius 2 is 2.09 bits per heavy atom. The van der Waals surface area contributed by atoms with E-state index in [2.05, 4.69) is 0 Å². The molecule has 1 heterocycles. The van der Waals surface area contributed by atoms with Crippen LogP contribution in [0.25, 0.3) is 10.9 Å². The molecule has 0 unspecified atom stereocenters. The van der Waals surface area contributed by atoms with Gasteiger partial charge in [0.15, 0.2) is 0 Å². The van der Waals surface area contributed by atoms with Gasteiger partial charge in [-0.1, -0.05) is 0 Å². The number of ether oxygens (including phenoxy) is 1.